The number of para-hydroxylation sites is 1. The first kappa shape index (κ1) is 18.7. The largest absolute Gasteiger partial charge is 0.368 e. The first-order valence-corrected chi connectivity index (χ1v) is 10.6. The van der Waals surface area contributed by atoms with E-state index in [2.05, 4.69) is 51.6 Å². The van der Waals surface area contributed by atoms with E-state index in [0.717, 1.165) is 42.0 Å². The molecule has 30 heavy (non-hydrogen) atoms. The second kappa shape index (κ2) is 7.48. The number of anilines is 2. The zero-order valence-corrected chi connectivity index (χ0v) is 17.4. The number of hydrogen-bond acceptors (Lipinski definition) is 5. The third-order valence-corrected chi connectivity index (χ3v) is 5.90. The predicted molar refractivity (Wildman–Crippen MR) is 120 cm³/mol. The predicted octanol–water partition coefficient (Wildman–Crippen LogP) is 3.86. The van der Waals surface area contributed by atoms with Crippen LogP contribution >= 0.6 is 0 Å². The van der Waals surface area contributed by atoms with Crippen LogP contribution in [0, 0.1) is 0 Å². The summed E-state index contributed by atoms with van der Waals surface area (Å²) in [5.41, 5.74) is 12.9. The highest BCUT2D eigenvalue weighted by Crippen LogP contribution is 2.31. The van der Waals surface area contributed by atoms with Gasteiger partial charge in [0, 0.05) is 41.8 Å². The second-order valence-corrected chi connectivity index (χ2v) is 8.21. The number of aromatic amines is 1. The lowest BCUT2D eigenvalue weighted by Crippen LogP contribution is -2.19. The smallest absolute Gasteiger partial charge is 0.222 e. The molecule has 4 N–H and O–H groups in total. The third-order valence-electron chi connectivity index (χ3n) is 5.90. The summed E-state index contributed by atoms with van der Waals surface area (Å²) in [6.45, 7) is 2.16. The van der Waals surface area contributed by atoms with Gasteiger partial charge in [-0.2, -0.15) is 10.1 Å². The van der Waals surface area contributed by atoms with Crippen molar-refractivity contribution in [2.75, 3.05) is 11.1 Å². The Labute approximate surface area is 175 Å². The van der Waals surface area contributed by atoms with E-state index in [1.165, 1.54) is 35.0 Å². The highest BCUT2D eigenvalue weighted by molar-refractivity contribution is 5.83. The summed E-state index contributed by atoms with van der Waals surface area (Å²) in [5.74, 6) is 1.02. The number of nitrogen functional groups attached to an aromatic ring is 1. The van der Waals surface area contributed by atoms with Crippen molar-refractivity contribution < 1.29 is 0 Å². The number of nitrogens with two attached hydrogens (primary N) is 1. The van der Waals surface area contributed by atoms with Gasteiger partial charge in [0.2, 0.25) is 5.95 Å². The fraction of sp³-hybridized carbons (Fsp3) is 0.348. The van der Waals surface area contributed by atoms with E-state index in [4.69, 9.17) is 10.8 Å². The molecule has 1 atom stereocenters. The number of aromatic nitrogens is 5. The fourth-order valence-corrected chi connectivity index (χ4v) is 4.60. The minimum absolute atomic E-state index is 0.187. The Kier molecular flexibility index (Phi) is 4.65. The van der Waals surface area contributed by atoms with Crippen LogP contribution < -0.4 is 11.1 Å². The minimum atomic E-state index is 0.187. The molecule has 0 amide bonds. The minimum Gasteiger partial charge on any atom is -0.368 e. The molecule has 3 aromatic heterocycles. The fourth-order valence-electron chi connectivity index (χ4n) is 4.60. The molecule has 4 aromatic rings. The number of aryl methyl sites for hydroxylation is 2. The molecule has 0 spiro atoms. The monoisotopic (exact) mass is 401 g/mol. The van der Waals surface area contributed by atoms with E-state index < -0.39 is 0 Å². The van der Waals surface area contributed by atoms with Gasteiger partial charge >= 0.3 is 0 Å². The average molecular weight is 402 g/mol. The van der Waals surface area contributed by atoms with E-state index in [1.807, 2.05) is 23.9 Å². The van der Waals surface area contributed by atoms with Gasteiger partial charge < -0.3 is 16.0 Å². The van der Waals surface area contributed by atoms with Gasteiger partial charge in [-0.1, -0.05) is 18.2 Å². The Hall–Kier alpha value is -3.35. The van der Waals surface area contributed by atoms with Crippen molar-refractivity contribution >= 4 is 22.7 Å². The van der Waals surface area contributed by atoms with Crippen LogP contribution in [0.3, 0.4) is 0 Å². The summed E-state index contributed by atoms with van der Waals surface area (Å²) in [5, 5.41) is 9.49. The second-order valence-electron chi connectivity index (χ2n) is 8.21. The number of rotatable bonds is 5. The van der Waals surface area contributed by atoms with Crippen LogP contribution in [-0.2, 0) is 26.3 Å². The number of nitrogens with zero attached hydrogens (tertiary/aromatic N) is 4. The van der Waals surface area contributed by atoms with Crippen molar-refractivity contribution in [2.45, 2.75) is 45.1 Å². The molecule has 0 bridgehead atoms. The molecule has 0 saturated carbocycles. The molecular formula is C23H27N7. The van der Waals surface area contributed by atoms with Gasteiger partial charge in [-0.3, -0.25) is 4.68 Å². The topological polar surface area (TPSA) is 97.4 Å². The van der Waals surface area contributed by atoms with Gasteiger partial charge in [-0.15, -0.1) is 0 Å². The average Bonchev–Trinajstić information content (AvgIpc) is 3.27. The van der Waals surface area contributed by atoms with Crippen LogP contribution in [0.1, 0.15) is 36.6 Å². The van der Waals surface area contributed by atoms with E-state index in [-0.39, 0.29) is 12.0 Å². The van der Waals surface area contributed by atoms with E-state index in [9.17, 15) is 0 Å². The molecule has 3 heterocycles. The number of benzene rings is 1. The highest BCUT2D eigenvalue weighted by atomic mass is 15.3. The standard InChI is InChI=1S/C23H27N7/c1-14(11-15-13-25-18-9-5-3-7-16(15)18)26-21-12-20(27-23(24)28-21)22-17-8-4-6-10-19(17)29-30(22)2/h3,5,7,9,12-14,25H,4,6,8,10-11H2,1-2H3,(H3,24,26,27,28)/t14-/m1/s1. The van der Waals surface area contributed by atoms with Crippen molar-refractivity contribution in [3.63, 3.8) is 0 Å². The molecule has 1 aliphatic rings. The molecule has 1 aromatic carbocycles. The van der Waals surface area contributed by atoms with Crippen LogP contribution in [0.5, 0.6) is 0 Å². The van der Waals surface area contributed by atoms with Crippen LogP contribution in [-0.4, -0.2) is 30.8 Å². The van der Waals surface area contributed by atoms with Crippen LogP contribution in [0.4, 0.5) is 11.8 Å². The summed E-state index contributed by atoms with van der Waals surface area (Å²) in [6, 6.07) is 10.6. The van der Waals surface area contributed by atoms with E-state index in [0.29, 0.717) is 0 Å². The summed E-state index contributed by atoms with van der Waals surface area (Å²) < 4.78 is 1.94. The third kappa shape index (κ3) is 3.40. The Balaban J connectivity index is 1.41. The van der Waals surface area contributed by atoms with E-state index in [1.54, 1.807) is 0 Å². The van der Waals surface area contributed by atoms with Gasteiger partial charge in [0.25, 0.3) is 0 Å². The number of nitrogens with one attached hydrogen (secondary N) is 2. The first-order chi connectivity index (χ1) is 14.6. The lowest BCUT2D eigenvalue weighted by atomic mass is 9.95. The van der Waals surface area contributed by atoms with Gasteiger partial charge in [0.15, 0.2) is 0 Å². The first-order valence-electron chi connectivity index (χ1n) is 10.6. The van der Waals surface area contributed by atoms with Gasteiger partial charge in [-0.05, 0) is 50.7 Å². The summed E-state index contributed by atoms with van der Waals surface area (Å²) in [6.07, 6.45) is 7.44. The Morgan fingerprint density at radius 1 is 1.20 bits per heavy atom. The molecule has 7 nitrogen and oxygen atoms in total. The zero-order valence-electron chi connectivity index (χ0n) is 17.4. The summed E-state index contributed by atoms with van der Waals surface area (Å²) >= 11 is 0. The lowest BCUT2D eigenvalue weighted by molar-refractivity contribution is 0.664. The van der Waals surface area contributed by atoms with Gasteiger partial charge in [0.1, 0.15) is 5.82 Å². The molecule has 0 fully saturated rings. The molecule has 154 valence electrons. The van der Waals surface area contributed by atoms with Gasteiger partial charge in [0.05, 0.1) is 17.1 Å². The molecule has 0 saturated heterocycles. The lowest BCUT2D eigenvalue weighted by Gasteiger charge is -2.16. The number of fused-ring (bicyclic) bond motifs is 2. The molecule has 7 heteroatoms. The zero-order chi connectivity index (χ0) is 20.7. The summed E-state index contributed by atoms with van der Waals surface area (Å²) in [4.78, 5) is 12.3. The van der Waals surface area contributed by atoms with E-state index >= 15 is 0 Å². The maximum atomic E-state index is 6.08. The Morgan fingerprint density at radius 3 is 2.93 bits per heavy atom. The van der Waals surface area contributed by atoms with Crippen molar-refractivity contribution in [2.24, 2.45) is 7.05 Å². The molecule has 0 aliphatic heterocycles. The van der Waals surface area contributed by atoms with Crippen molar-refractivity contribution in [3.8, 4) is 11.4 Å². The Morgan fingerprint density at radius 2 is 2.03 bits per heavy atom. The molecule has 0 radical (unpaired) electrons. The van der Waals surface area contributed by atoms with Crippen molar-refractivity contribution in [1.82, 2.24) is 24.7 Å². The quantitative estimate of drug-likeness (QED) is 0.472. The van der Waals surface area contributed by atoms with Crippen LogP contribution in [0.2, 0.25) is 0 Å². The van der Waals surface area contributed by atoms with Crippen LogP contribution in [0.15, 0.2) is 36.5 Å². The Bertz CT molecular complexity index is 1200. The van der Waals surface area contributed by atoms with Crippen molar-refractivity contribution in [1.29, 1.82) is 0 Å². The SMILES string of the molecule is C[C@H](Cc1c[nH]c2ccccc12)Nc1cc(-c2c3c(nn2C)CCCC3)nc(N)n1. The van der Waals surface area contributed by atoms with Crippen molar-refractivity contribution in [3.05, 3.63) is 53.3 Å². The molecule has 0 unspecified atom stereocenters. The molecule has 5 rings (SSSR count). The highest BCUT2D eigenvalue weighted by Gasteiger charge is 2.22. The maximum Gasteiger partial charge on any atom is 0.222 e. The molecular weight excluding hydrogens is 374 g/mol. The summed E-state index contributed by atoms with van der Waals surface area (Å²) in [7, 11) is 1.98. The number of H-pyrrole nitrogens is 1. The maximum absolute atomic E-state index is 6.08. The molecule has 1 aliphatic carbocycles. The normalized spacial score (nSPS) is 14.6. The van der Waals surface area contributed by atoms with Gasteiger partial charge in [-0.25, -0.2) is 4.98 Å². The number of hydrogen-bond donors (Lipinski definition) is 3. The van der Waals surface area contributed by atoms with Crippen LogP contribution in [0.25, 0.3) is 22.3 Å².